The number of hydrogen-bond acceptors (Lipinski definition) is 10. The summed E-state index contributed by atoms with van der Waals surface area (Å²) in [5.74, 6) is 0.0137. The van der Waals surface area contributed by atoms with Crippen molar-refractivity contribution in [3.8, 4) is 16.9 Å². The van der Waals surface area contributed by atoms with E-state index in [-0.39, 0.29) is 19.1 Å². The fourth-order valence-corrected chi connectivity index (χ4v) is 9.39. The highest BCUT2D eigenvalue weighted by molar-refractivity contribution is 7.99. The monoisotopic (exact) mass is 839 g/mol. The Morgan fingerprint density at radius 3 is 1.90 bits per heavy atom. The van der Waals surface area contributed by atoms with Crippen LogP contribution in [0.3, 0.4) is 0 Å². The summed E-state index contributed by atoms with van der Waals surface area (Å²) in [4.78, 5) is 60.4. The van der Waals surface area contributed by atoms with Gasteiger partial charge in [0.25, 0.3) is 0 Å². The van der Waals surface area contributed by atoms with Gasteiger partial charge in [-0.25, -0.2) is 9.59 Å². The van der Waals surface area contributed by atoms with Crippen LogP contribution in [0, 0.1) is 5.92 Å². The zero-order chi connectivity index (χ0) is 42.8. The second-order valence-corrected chi connectivity index (χ2v) is 18.3. The molecule has 0 unspecified atom stereocenters. The molecule has 0 aliphatic carbocycles. The van der Waals surface area contributed by atoms with E-state index in [9.17, 15) is 14.4 Å². The molecule has 2 aliphatic rings. The molecule has 1 amide bonds. The molecule has 5 heterocycles. The van der Waals surface area contributed by atoms with Crippen LogP contribution in [0.15, 0.2) is 46.2 Å². The Bertz CT molecular complexity index is 2450. The van der Waals surface area contributed by atoms with Crippen LogP contribution in [0.2, 0.25) is 0 Å². The van der Waals surface area contributed by atoms with Gasteiger partial charge in [-0.15, -0.1) is 23.5 Å². The van der Waals surface area contributed by atoms with E-state index in [2.05, 4.69) is 56.8 Å². The van der Waals surface area contributed by atoms with Crippen molar-refractivity contribution in [3.05, 3.63) is 70.3 Å². The third kappa shape index (κ3) is 8.92. The van der Waals surface area contributed by atoms with Crippen molar-refractivity contribution in [2.45, 2.75) is 108 Å². The van der Waals surface area contributed by atoms with Gasteiger partial charge in [0.15, 0.2) is 5.75 Å². The second-order valence-electron chi connectivity index (χ2n) is 16.7. The normalized spacial score (nSPS) is 14.3. The third-order valence-electron chi connectivity index (χ3n) is 10.9. The Morgan fingerprint density at radius 2 is 1.36 bits per heavy atom. The first-order valence-electron chi connectivity index (χ1n) is 20.3. The lowest BCUT2D eigenvalue weighted by Crippen LogP contribution is -2.15. The number of benzene rings is 1. The lowest BCUT2D eigenvalue weighted by molar-refractivity contribution is -0.116. The molecule has 0 radical (unpaired) electrons. The minimum atomic E-state index is -0.480. The van der Waals surface area contributed by atoms with Gasteiger partial charge in [-0.3, -0.25) is 14.8 Å². The van der Waals surface area contributed by atoms with Crippen LogP contribution in [0.4, 0.5) is 5.69 Å². The standard InChI is InChI=1S/C46H57N5O6S2/c1-12-56-43(53)36-38-35(26-17-15-18-27(20-26)47-34(52)19-14-16-25(3)4)30-23-45(5,6)32(48-30)22-29-42(59-11)37(44(54)57-13-2)39(51-29)40(55-9)31-24-46(7,8)33(49-31)21-28(50-38)41(36)58-10/h15,17-18,20-22,25,50-51H,12-14,16,19,23-24H2,1-11H3,(H,47,52). The van der Waals surface area contributed by atoms with Crippen LogP contribution >= 0.6 is 23.5 Å². The van der Waals surface area contributed by atoms with Gasteiger partial charge in [0.05, 0.1) is 59.3 Å². The van der Waals surface area contributed by atoms with Gasteiger partial charge in [-0.05, 0) is 68.5 Å². The van der Waals surface area contributed by atoms with E-state index in [0.717, 1.165) is 41.1 Å². The summed E-state index contributed by atoms with van der Waals surface area (Å²) >= 11 is 2.90. The Labute approximate surface area is 355 Å². The van der Waals surface area contributed by atoms with Crippen molar-refractivity contribution in [2.75, 3.05) is 38.2 Å². The summed E-state index contributed by atoms with van der Waals surface area (Å²) < 4.78 is 17.5. The molecule has 8 bridgehead atoms. The van der Waals surface area contributed by atoms with Gasteiger partial charge < -0.3 is 29.5 Å². The largest absolute Gasteiger partial charge is 0.493 e. The van der Waals surface area contributed by atoms with E-state index in [1.807, 2.05) is 48.9 Å². The van der Waals surface area contributed by atoms with Crippen LogP contribution in [0.25, 0.3) is 33.2 Å². The van der Waals surface area contributed by atoms with Crippen molar-refractivity contribution in [1.29, 1.82) is 0 Å². The lowest BCUT2D eigenvalue weighted by atomic mass is 9.85. The maximum absolute atomic E-state index is 14.2. The zero-order valence-corrected chi connectivity index (χ0v) is 37.8. The van der Waals surface area contributed by atoms with Crippen molar-refractivity contribution in [3.63, 3.8) is 0 Å². The number of ether oxygens (including phenoxy) is 3. The number of rotatable bonds is 13. The van der Waals surface area contributed by atoms with E-state index >= 15 is 0 Å². The van der Waals surface area contributed by atoms with E-state index in [1.54, 1.807) is 21.0 Å². The number of aromatic nitrogens is 4. The minimum Gasteiger partial charge on any atom is -0.493 e. The van der Waals surface area contributed by atoms with Gasteiger partial charge in [0, 0.05) is 62.5 Å². The number of methoxy groups -OCH3 is 1. The number of fused-ring (bicyclic) bond motifs is 8. The molecule has 0 saturated heterocycles. The molecular weight excluding hydrogens is 783 g/mol. The molecule has 4 aromatic rings. The number of carbonyl (C=O) groups is 3. The van der Waals surface area contributed by atoms with Gasteiger partial charge in [0.2, 0.25) is 5.91 Å². The molecule has 6 rings (SSSR count). The quantitative estimate of drug-likeness (QED) is 0.0877. The number of anilines is 1. The smallest absolute Gasteiger partial charge is 0.341 e. The average molecular weight is 840 g/mol. The second kappa shape index (κ2) is 17.8. The fraction of sp³-hybridized carbons (Fsp3) is 0.457. The Hall–Kier alpha value is -4.75. The number of hydrogen-bond donors (Lipinski definition) is 3. The molecule has 314 valence electrons. The van der Waals surface area contributed by atoms with Crippen LogP contribution in [-0.2, 0) is 37.9 Å². The summed E-state index contributed by atoms with van der Waals surface area (Å²) in [6.45, 7) is 16.8. The summed E-state index contributed by atoms with van der Waals surface area (Å²) in [7, 11) is 1.59. The Balaban J connectivity index is 1.80. The first-order valence-corrected chi connectivity index (χ1v) is 22.8. The van der Waals surface area contributed by atoms with Crippen LogP contribution < -0.4 is 10.1 Å². The van der Waals surface area contributed by atoms with E-state index in [4.69, 9.17) is 24.2 Å². The highest BCUT2D eigenvalue weighted by Crippen LogP contribution is 2.44. The predicted octanol–water partition coefficient (Wildman–Crippen LogP) is 10.6. The van der Waals surface area contributed by atoms with Crippen molar-refractivity contribution >= 4 is 69.1 Å². The topological polar surface area (TPSA) is 148 Å². The fourth-order valence-electron chi connectivity index (χ4n) is 7.95. The highest BCUT2D eigenvalue weighted by atomic mass is 32.2. The van der Waals surface area contributed by atoms with E-state index in [0.29, 0.717) is 85.3 Å². The molecule has 1 aromatic carbocycles. The SMILES string of the molecule is CCOC(=O)c1c(SC)c2cc3nc(c(-c4cccc(NC(=O)CCCC(C)C)c4)c4[nH]c(cc5nc(c(OC)c1[nH]2)CC5(C)C)c(SC)c4C(=O)OCC)CC3(C)C. The molecule has 13 heteroatoms. The lowest BCUT2D eigenvalue weighted by Gasteiger charge is -2.17. The van der Waals surface area contributed by atoms with Crippen molar-refractivity contribution in [2.24, 2.45) is 5.92 Å². The number of carbonyl (C=O) groups excluding carboxylic acids is 3. The number of nitrogens with zero attached hydrogens (tertiary/aromatic N) is 2. The number of esters is 2. The number of nitrogens with one attached hydrogen (secondary N) is 3. The van der Waals surface area contributed by atoms with Gasteiger partial charge in [0.1, 0.15) is 5.56 Å². The highest BCUT2D eigenvalue weighted by Gasteiger charge is 2.36. The summed E-state index contributed by atoms with van der Waals surface area (Å²) in [6.07, 6.45) is 7.12. The maximum atomic E-state index is 14.2. The van der Waals surface area contributed by atoms with Gasteiger partial charge >= 0.3 is 11.9 Å². The molecule has 0 atom stereocenters. The van der Waals surface area contributed by atoms with Crippen molar-refractivity contribution < 1.29 is 28.6 Å². The molecule has 0 spiro atoms. The number of aromatic amines is 2. The molecule has 2 aliphatic heterocycles. The summed E-state index contributed by atoms with van der Waals surface area (Å²) in [5, 5.41) is 3.11. The molecule has 59 heavy (non-hydrogen) atoms. The summed E-state index contributed by atoms with van der Waals surface area (Å²) in [6, 6.07) is 11.7. The minimum absolute atomic E-state index is 0.0499. The third-order valence-corrected chi connectivity index (χ3v) is 12.5. The van der Waals surface area contributed by atoms with Gasteiger partial charge in [-0.2, -0.15) is 0 Å². The van der Waals surface area contributed by atoms with E-state index in [1.165, 1.54) is 23.5 Å². The molecule has 0 fully saturated rings. The van der Waals surface area contributed by atoms with Crippen LogP contribution in [0.5, 0.6) is 5.75 Å². The summed E-state index contributed by atoms with van der Waals surface area (Å²) in [5.41, 5.74) is 7.46. The molecule has 11 nitrogen and oxygen atoms in total. The van der Waals surface area contributed by atoms with Crippen LogP contribution in [0.1, 0.15) is 118 Å². The molecule has 3 N–H and O–H groups in total. The number of H-pyrrole nitrogens is 2. The van der Waals surface area contributed by atoms with E-state index < -0.39 is 22.8 Å². The zero-order valence-electron chi connectivity index (χ0n) is 36.2. The number of amides is 1. The predicted molar refractivity (Wildman–Crippen MR) is 239 cm³/mol. The Kier molecular flexibility index (Phi) is 13.3. The number of thioether (sulfide) groups is 2. The Morgan fingerprint density at radius 1 is 0.814 bits per heavy atom. The maximum Gasteiger partial charge on any atom is 0.341 e. The van der Waals surface area contributed by atoms with Gasteiger partial charge in [-0.1, -0.05) is 60.1 Å². The molecule has 3 aromatic heterocycles. The van der Waals surface area contributed by atoms with Crippen LogP contribution in [-0.4, -0.2) is 70.6 Å². The average Bonchev–Trinajstić information content (AvgIpc) is 3.88. The molecular formula is C46H57N5O6S2. The van der Waals surface area contributed by atoms with Crippen molar-refractivity contribution in [1.82, 2.24) is 19.9 Å². The molecule has 0 saturated carbocycles. The first-order chi connectivity index (χ1) is 28.1. The first kappa shape index (κ1) is 43.8.